The third kappa shape index (κ3) is 4.14. The number of nitrogens with one attached hydrogen (secondary N) is 2. The lowest BCUT2D eigenvalue weighted by Gasteiger charge is -2.14. The van der Waals surface area contributed by atoms with Gasteiger partial charge in [0.25, 0.3) is 0 Å². The van der Waals surface area contributed by atoms with Crippen molar-refractivity contribution < 1.29 is 13.2 Å². The minimum atomic E-state index is -2.93. The third-order valence-corrected chi connectivity index (χ3v) is 5.53. The summed E-state index contributed by atoms with van der Waals surface area (Å²) in [6.07, 6.45) is 0.601. The van der Waals surface area contributed by atoms with Gasteiger partial charge in [0.05, 0.1) is 18.6 Å². The number of ether oxygens (including phenoxy) is 1. The molecule has 0 saturated carbocycles. The molecule has 2 heterocycles. The summed E-state index contributed by atoms with van der Waals surface area (Å²) in [7, 11) is -1.31. The van der Waals surface area contributed by atoms with E-state index in [0.717, 1.165) is 11.4 Å². The van der Waals surface area contributed by atoms with E-state index in [1.165, 1.54) is 0 Å². The van der Waals surface area contributed by atoms with Gasteiger partial charge in [0.2, 0.25) is 0 Å². The van der Waals surface area contributed by atoms with Crippen LogP contribution in [-0.4, -0.2) is 43.0 Å². The van der Waals surface area contributed by atoms with Gasteiger partial charge in [-0.25, -0.2) is 18.4 Å². The number of anilines is 3. The van der Waals surface area contributed by atoms with Crippen LogP contribution in [0.5, 0.6) is 5.75 Å². The molecule has 7 nitrogen and oxygen atoms in total. The van der Waals surface area contributed by atoms with Gasteiger partial charge in [0, 0.05) is 23.9 Å². The van der Waals surface area contributed by atoms with Crippen molar-refractivity contribution in [2.24, 2.45) is 0 Å². The molecule has 3 rings (SSSR count). The maximum absolute atomic E-state index is 11.6. The van der Waals surface area contributed by atoms with Gasteiger partial charge >= 0.3 is 0 Å². The second-order valence-corrected chi connectivity index (χ2v) is 8.02. The Morgan fingerprint density at radius 1 is 1.21 bits per heavy atom. The monoisotopic (exact) mass is 348 g/mol. The summed E-state index contributed by atoms with van der Waals surface area (Å²) in [5, 5.41) is 6.40. The topological polar surface area (TPSA) is 93.2 Å². The average Bonchev–Trinajstić information content (AvgIpc) is 2.85. The van der Waals surface area contributed by atoms with Crippen LogP contribution >= 0.6 is 0 Å². The summed E-state index contributed by atoms with van der Waals surface area (Å²) in [5.74, 6) is 2.99. The van der Waals surface area contributed by atoms with Gasteiger partial charge in [-0.3, -0.25) is 0 Å². The van der Waals surface area contributed by atoms with E-state index in [-0.39, 0.29) is 17.5 Å². The molecule has 2 aromatic rings. The molecule has 128 valence electrons. The first kappa shape index (κ1) is 16.5. The molecule has 1 atom stereocenters. The van der Waals surface area contributed by atoms with E-state index in [0.29, 0.717) is 23.9 Å². The fourth-order valence-corrected chi connectivity index (χ4v) is 4.35. The first-order chi connectivity index (χ1) is 11.4. The molecule has 1 unspecified atom stereocenters. The maximum Gasteiger partial charge on any atom is 0.152 e. The van der Waals surface area contributed by atoms with Crippen molar-refractivity contribution in [2.75, 3.05) is 29.2 Å². The number of hydrogen-bond donors (Lipinski definition) is 2. The molecule has 1 aliphatic heterocycles. The smallest absolute Gasteiger partial charge is 0.152 e. The molecular weight excluding hydrogens is 328 g/mol. The Bertz CT molecular complexity index is 839. The van der Waals surface area contributed by atoms with Crippen LogP contribution in [-0.2, 0) is 9.84 Å². The number of rotatable bonds is 5. The predicted molar refractivity (Wildman–Crippen MR) is 93.7 cm³/mol. The van der Waals surface area contributed by atoms with Crippen molar-refractivity contribution in [3.63, 3.8) is 0 Å². The summed E-state index contributed by atoms with van der Waals surface area (Å²) in [6, 6.07) is 9.21. The van der Waals surface area contributed by atoms with Gasteiger partial charge in [-0.2, -0.15) is 0 Å². The zero-order valence-electron chi connectivity index (χ0n) is 13.6. The summed E-state index contributed by atoms with van der Waals surface area (Å²) >= 11 is 0. The van der Waals surface area contributed by atoms with Crippen molar-refractivity contribution in [2.45, 2.75) is 19.4 Å². The van der Waals surface area contributed by atoms with Crippen LogP contribution in [0.4, 0.5) is 17.3 Å². The Morgan fingerprint density at radius 2 is 2.00 bits per heavy atom. The first-order valence-corrected chi connectivity index (χ1v) is 9.49. The van der Waals surface area contributed by atoms with Crippen LogP contribution < -0.4 is 15.4 Å². The van der Waals surface area contributed by atoms with E-state index in [4.69, 9.17) is 4.74 Å². The fraction of sp³-hybridized carbons (Fsp3) is 0.375. The quantitative estimate of drug-likeness (QED) is 0.855. The molecule has 1 aromatic heterocycles. The Labute approximate surface area is 141 Å². The van der Waals surface area contributed by atoms with E-state index in [1.807, 2.05) is 24.3 Å². The van der Waals surface area contributed by atoms with Crippen molar-refractivity contribution in [3.05, 3.63) is 36.2 Å². The van der Waals surface area contributed by atoms with Crippen LogP contribution in [0.1, 0.15) is 12.2 Å². The van der Waals surface area contributed by atoms with E-state index in [2.05, 4.69) is 20.6 Å². The Morgan fingerprint density at radius 3 is 2.71 bits per heavy atom. The largest absolute Gasteiger partial charge is 0.497 e. The standard InChI is InChI=1S/C16H20N4O3S/c1-11-17-15(19-12-4-3-5-14(8-12)23-2)9-16(18-11)20-13-6-7-24(21,22)10-13/h3-5,8-9,13H,6-7,10H2,1-2H3,(H2,17,18,19,20). The molecule has 0 amide bonds. The van der Waals surface area contributed by atoms with Crippen LogP contribution in [0.2, 0.25) is 0 Å². The van der Waals surface area contributed by atoms with Crippen molar-refractivity contribution in [1.82, 2.24) is 9.97 Å². The molecule has 8 heteroatoms. The Balaban J connectivity index is 1.76. The number of aryl methyl sites for hydroxylation is 1. The van der Waals surface area contributed by atoms with Crippen molar-refractivity contribution in [3.8, 4) is 5.75 Å². The van der Waals surface area contributed by atoms with Crippen molar-refractivity contribution >= 4 is 27.2 Å². The average molecular weight is 348 g/mol. The van der Waals surface area contributed by atoms with Gasteiger partial charge in [-0.15, -0.1) is 0 Å². The molecule has 0 radical (unpaired) electrons. The summed E-state index contributed by atoms with van der Waals surface area (Å²) in [4.78, 5) is 8.71. The molecule has 0 spiro atoms. The zero-order chi connectivity index (χ0) is 17.2. The van der Waals surface area contributed by atoms with Gasteiger partial charge in [-0.05, 0) is 25.5 Å². The second kappa shape index (κ2) is 6.64. The number of aromatic nitrogens is 2. The highest BCUT2D eigenvalue weighted by molar-refractivity contribution is 7.91. The number of benzene rings is 1. The van der Waals surface area contributed by atoms with E-state index in [9.17, 15) is 8.42 Å². The molecule has 24 heavy (non-hydrogen) atoms. The number of sulfone groups is 1. The summed E-state index contributed by atoms with van der Waals surface area (Å²) < 4.78 is 28.3. The number of hydrogen-bond acceptors (Lipinski definition) is 7. The van der Waals surface area contributed by atoms with Gasteiger partial charge in [0.15, 0.2) is 9.84 Å². The van der Waals surface area contributed by atoms with Gasteiger partial charge in [-0.1, -0.05) is 6.07 Å². The molecular formula is C16H20N4O3S. The normalized spacial score (nSPS) is 19.0. The van der Waals surface area contributed by atoms with E-state index < -0.39 is 9.84 Å². The third-order valence-electron chi connectivity index (χ3n) is 3.76. The van der Waals surface area contributed by atoms with E-state index >= 15 is 0 Å². The molecule has 1 fully saturated rings. The van der Waals surface area contributed by atoms with Gasteiger partial charge < -0.3 is 15.4 Å². The molecule has 2 N–H and O–H groups in total. The summed E-state index contributed by atoms with van der Waals surface area (Å²) in [6.45, 7) is 1.80. The lowest BCUT2D eigenvalue weighted by molar-refractivity contribution is 0.415. The lowest BCUT2D eigenvalue weighted by Crippen LogP contribution is -2.21. The Hall–Kier alpha value is -2.35. The second-order valence-electron chi connectivity index (χ2n) is 5.79. The molecule has 0 aliphatic carbocycles. The van der Waals surface area contributed by atoms with Crippen LogP contribution in [0, 0.1) is 6.92 Å². The zero-order valence-corrected chi connectivity index (χ0v) is 14.4. The van der Waals surface area contributed by atoms with E-state index in [1.54, 1.807) is 20.1 Å². The number of nitrogens with zero attached hydrogens (tertiary/aromatic N) is 2. The molecule has 1 aliphatic rings. The number of methoxy groups -OCH3 is 1. The first-order valence-electron chi connectivity index (χ1n) is 7.67. The Kier molecular flexibility index (Phi) is 4.57. The van der Waals surface area contributed by atoms with Crippen molar-refractivity contribution in [1.29, 1.82) is 0 Å². The molecule has 1 saturated heterocycles. The highest BCUT2D eigenvalue weighted by Gasteiger charge is 2.28. The van der Waals surface area contributed by atoms with Crippen LogP contribution in [0.15, 0.2) is 30.3 Å². The van der Waals surface area contributed by atoms with Gasteiger partial charge in [0.1, 0.15) is 23.2 Å². The van der Waals surface area contributed by atoms with Crippen LogP contribution in [0.25, 0.3) is 0 Å². The predicted octanol–water partition coefficient (Wildman–Crippen LogP) is 2.14. The minimum Gasteiger partial charge on any atom is -0.497 e. The molecule has 0 bridgehead atoms. The lowest BCUT2D eigenvalue weighted by atomic mass is 10.2. The molecule has 1 aromatic carbocycles. The SMILES string of the molecule is COc1cccc(Nc2cc(NC3CCS(=O)(=O)C3)nc(C)n2)c1. The highest BCUT2D eigenvalue weighted by Crippen LogP contribution is 2.23. The highest BCUT2D eigenvalue weighted by atomic mass is 32.2. The minimum absolute atomic E-state index is 0.103. The maximum atomic E-state index is 11.6. The fourth-order valence-electron chi connectivity index (χ4n) is 2.67. The van der Waals surface area contributed by atoms with Crippen LogP contribution in [0.3, 0.4) is 0 Å². The summed E-state index contributed by atoms with van der Waals surface area (Å²) in [5.41, 5.74) is 0.849.